The van der Waals surface area contributed by atoms with E-state index in [1.165, 1.54) is 178 Å². The topological polar surface area (TPSA) is 0 Å². The van der Waals surface area contributed by atoms with Gasteiger partial charge in [0.05, 0.1) is 0 Å². The van der Waals surface area contributed by atoms with Gasteiger partial charge in [-0.05, 0) is 61.1 Å². The molecule has 2 aromatic carbocycles. The molecule has 0 aliphatic rings. The van der Waals surface area contributed by atoms with Crippen LogP contribution in [0.5, 0.6) is 0 Å². The Hall–Kier alpha value is -0.830. The molecule has 0 saturated heterocycles. The summed E-state index contributed by atoms with van der Waals surface area (Å²) in [6.07, 6.45) is 36.8. The number of rotatable bonds is 28. The van der Waals surface area contributed by atoms with Gasteiger partial charge in [0.15, 0.2) is 7.14 Å². The molecule has 0 nitrogen and oxygen atoms in total. The van der Waals surface area contributed by atoms with Gasteiger partial charge in [0.25, 0.3) is 0 Å². The van der Waals surface area contributed by atoms with Gasteiger partial charge in [-0.15, -0.1) is 0 Å². The summed E-state index contributed by atoms with van der Waals surface area (Å²) in [7, 11) is 0. The van der Waals surface area contributed by atoms with Crippen molar-refractivity contribution >= 4 is 0 Å². The van der Waals surface area contributed by atoms with Crippen molar-refractivity contribution in [2.24, 2.45) is 0 Å². The maximum absolute atomic E-state index is 2.41. The average molecular weight is 674 g/mol. The van der Waals surface area contributed by atoms with E-state index in [-0.39, 0.29) is 21.2 Å². The standard InChI is InChI=1S/C40H66I/c1-3-5-7-9-11-13-15-17-19-21-23-25-27-37-29-33-39(34-30-37)41-40-35-31-38(32-36-40)28-26-24-22-20-18-16-14-12-10-8-6-4-2/h29-36H,3-28H2,1-2H3/q+1. The minimum absolute atomic E-state index is 0.0619. The van der Waals surface area contributed by atoms with Crippen molar-refractivity contribution in [3.8, 4) is 0 Å². The highest BCUT2D eigenvalue weighted by Crippen LogP contribution is 2.15. The summed E-state index contributed by atoms with van der Waals surface area (Å²) in [5.74, 6) is 0. The molecule has 0 saturated carbocycles. The van der Waals surface area contributed by atoms with Gasteiger partial charge in [-0.1, -0.05) is 179 Å². The second kappa shape index (κ2) is 26.8. The number of halogens is 1. The first kappa shape index (κ1) is 36.4. The highest BCUT2D eigenvalue weighted by atomic mass is 127. The zero-order valence-electron chi connectivity index (χ0n) is 27.4. The van der Waals surface area contributed by atoms with E-state index in [1.54, 1.807) is 7.14 Å². The summed E-state index contributed by atoms with van der Waals surface area (Å²) in [5, 5.41) is 0. The summed E-state index contributed by atoms with van der Waals surface area (Å²) < 4.78 is 3.10. The molecular formula is C40H66I+. The van der Waals surface area contributed by atoms with Crippen molar-refractivity contribution in [3.63, 3.8) is 0 Å². The smallest absolute Gasteiger partial charge is 0.0654 e. The molecule has 0 spiro atoms. The fraction of sp³-hybridized carbons (Fsp3) is 0.700. The zero-order chi connectivity index (χ0) is 29.1. The molecule has 232 valence electrons. The van der Waals surface area contributed by atoms with Crippen molar-refractivity contribution in [1.82, 2.24) is 0 Å². The molecule has 2 rings (SSSR count). The molecule has 1 heteroatoms. The van der Waals surface area contributed by atoms with E-state index in [0.717, 1.165) is 0 Å². The van der Waals surface area contributed by atoms with E-state index in [1.807, 2.05) is 0 Å². The monoisotopic (exact) mass is 673 g/mol. The van der Waals surface area contributed by atoms with Crippen LogP contribution in [0.1, 0.15) is 179 Å². The van der Waals surface area contributed by atoms with Gasteiger partial charge in [-0.3, -0.25) is 0 Å². The Labute approximate surface area is 267 Å². The minimum atomic E-state index is -0.0619. The molecule has 0 aromatic heterocycles. The van der Waals surface area contributed by atoms with Gasteiger partial charge in [-0.25, -0.2) is 0 Å². The van der Waals surface area contributed by atoms with Crippen LogP contribution in [0.2, 0.25) is 0 Å². The van der Waals surface area contributed by atoms with Crippen molar-refractivity contribution in [3.05, 3.63) is 66.8 Å². The first-order valence-corrected chi connectivity index (χ1v) is 20.3. The van der Waals surface area contributed by atoms with Gasteiger partial charge in [0.1, 0.15) is 0 Å². The summed E-state index contributed by atoms with van der Waals surface area (Å²) in [6, 6.07) is 19.2. The Kier molecular flexibility index (Phi) is 23.7. The predicted molar refractivity (Wildman–Crippen MR) is 180 cm³/mol. The molecule has 0 atom stereocenters. The highest BCUT2D eigenvalue weighted by Gasteiger charge is 2.15. The normalized spacial score (nSPS) is 11.4. The molecule has 0 amide bonds. The second-order valence-corrected chi connectivity index (χ2v) is 15.7. The van der Waals surface area contributed by atoms with E-state index in [4.69, 9.17) is 0 Å². The first-order valence-electron chi connectivity index (χ1n) is 18.1. The molecule has 2 aromatic rings. The van der Waals surface area contributed by atoms with Gasteiger partial charge in [0.2, 0.25) is 0 Å². The Bertz CT molecular complexity index is 736. The van der Waals surface area contributed by atoms with Gasteiger partial charge < -0.3 is 0 Å². The van der Waals surface area contributed by atoms with Crippen LogP contribution in [0, 0.1) is 7.14 Å². The molecule has 0 N–H and O–H groups in total. The summed E-state index contributed by atoms with van der Waals surface area (Å²) in [6.45, 7) is 4.60. The lowest BCUT2D eigenvalue weighted by Crippen LogP contribution is -3.61. The Morgan fingerprint density at radius 3 is 0.829 bits per heavy atom. The van der Waals surface area contributed by atoms with Gasteiger partial charge in [-0.2, -0.15) is 0 Å². The maximum atomic E-state index is 2.41. The summed E-state index contributed by atoms with van der Waals surface area (Å²) in [4.78, 5) is 0. The number of hydrogen-bond acceptors (Lipinski definition) is 0. The molecular weight excluding hydrogens is 607 g/mol. The van der Waals surface area contributed by atoms with Crippen molar-refractivity contribution < 1.29 is 21.2 Å². The highest BCUT2D eigenvalue weighted by molar-refractivity contribution is 5.16. The lowest BCUT2D eigenvalue weighted by atomic mass is 10.0. The Morgan fingerprint density at radius 1 is 0.317 bits per heavy atom. The van der Waals surface area contributed by atoms with E-state index < -0.39 is 0 Å². The molecule has 0 unspecified atom stereocenters. The van der Waals surface area contributed by atoms with Crippen LogP contribution in [0.15, 0.2) is 48.5 Å². The summed E-state index contributed by atoms with van der Waals surface area (Å²) >= 11 is -0.0619. The van der Waals surface area contributed by atoms with Crippen LogP contribution in [0.4, 0.5) is 0 Å². The fourth-order valence-corrected chi connectivity index (χ4v) is 8.05. The van der Waals surface area contributed by atoms with Crippen LogP contribution in [-0.4, -0.2) is 0 Å². The third kappa shape index (κ3) is 20.7. The largest absolute Gasteiger partial charge is 0.357 e. The van der Waals surface area contributed by atoms with E-state index in [9.17, 15) is 0 Å². The molecule has 0 fully saturated rings. The predicted octanol–water partition coefficient (Wildman–Crippen LogP) is 10.3. The van der Waals surface area contributed by atoms with E-state index in [0.29, 0.717) is 0 Å². The number of benzene rings is 2. The SMILES string of the molecule is CCCCCCCCCCCCCCc1ccc([I+]c2ccc(CCCCCCCCCCCCCC)cc2)cc1. The number of hydrogen-bond donors (Lipinski definition) is 0. The van der Waals surface area contributed by atoms with Crippen LogP contribution < -0.4 is 21.2 Å². The van der Waals surface area contributed by atoms with Crippen LogP contribution in [-0.2, 0) is 12.8 Å². The summed E-state index contributed by atoms with van der Waals surface area (Å²) in [5.41, 5.74) is 3.06. The number of unbranched alkanes of at least 4 members (excludes halogenated alkanes) is 22. The van der Waals surface area contributed by atoms with Crippen molar-refractivity contribution in [1.29, 1.82) is 0 Å². The number of aryl methyl sites for hydroxylation is 2. The van der Waals surface area contributed by atoms with Gasteiger partial charge in [0, 0.05) is 0 Å². The molecule has 0 bridgehead atoms. The lowest BCUT2D eigenvalue weighted by molar-refractivity contribution is -0.597. The second-order valence-electron chi connectivity index (χ2n) is 12.6. The van der Waals surface area contributed by atoms with Crippen molar-refractivity contribution in [2.75, 3.05) is 0 Å². The fourth-order valence-electron chi connectivity index (χ4n) is 5.89. The van der Waals surface area contributed by atoms with Crippen LogP contribution in [0.3, 0.4) is 0 Å². The Balaban J connectivity index is 1.46. The van der Waals surface area contributed by atoms with E-state index >= 15 is 0 Å². The first-order chi connectivity index (χ1) is 20.3. The molecule has 0 aliphatic carbocycles. The molecule has 0 heterocycles. The lowest BCUT2D eigenvalue weighted by Gasteiger charge is -2.04. The molecule has 0 radical (unpaired) electrons. The maximum Gasteiger partial charge on any atom is 0.357 e. The van der Waals surface area contributed by atoms with Crippen LogP contribution >= 0.6 is 0 Å². The van der Waals surface area contributed by atoms with Crippen molar-refractivity contribution in [2.45, 2.75) is 181 Å². The zero-order valence-corrected chi connectivity index (χ0v) is 29.5. The third-order valence-corrected chi connectivity index (χ3v) is 11.4. The Morgan fingerprint density at radius 2 is 0.561 bits per heavy atom. The molecule has 41 heavy (non-hydrogen) atoms. The molecule has 0 aliphatic heterocycles. The van der Waals surface area contributed by atoms with E-state index in [2.05, 4.69) is 62.4 Å². The quantitative estimate of drug-likeness (QED) is 0.0623. The third-order valence-electron chi connectivity index (χ3n) is 8.68. The van der Waals surface area contributed by atoms with Gasteiger partial charge >= 0.3 is 21.2 Å². The minimum Gasteiger partial charge on any atom is -0.0654 e. The van der Waals surface area contributed by atoms with Crippen LogP contribution in [0.25, 0.3) is 0 Å². The average Bonchev–Trinajstić information content (AvgIpc) is 3.00.